The van der Waals surface area contributed by atoms with Crippen molar-refractivity contribution in [2.75, 3.05) is 26.2 Å². The summed E-state index contributed by atoms with van der Waals surface area (Å²) in [6.07, 6.45) is 5.89. The fourth-order valence-corrected chi connectivity index (χ4v) is 5.70. The van der Waals surface area contributed by atoms with Crippen molar-refractivity contribution in [1.82, 2.24) is 9.80 Å². The van der Waals surface area contributed by atoms with Crippen LogP contribution in [-0.4, -0.2) is 57.0 Å². The zero-order chi connectivity index (χ0) is 26.5. The molecular formula is C28H30Br2N4O4. The minimum Gasteiger partial charge on any atom is -0.386 e. The summed E-state index contributed by atoms with van der Waals surface area (Å²) in [5, 5.41) is 7.75. The maximum absolute atomic E-state index is 12.2. The van der Waals surface area contributed by atoms with Gasteiger partial charge in [-0.2, -0.15) is 0 Å². The molecule has 0 saturated carbocycles. The standard InChI is InChI=1S/2C14H15BrN2O2/c2*15-13-9-12(19-16-13)10-3-5-11(6-4-10)14(18)17-7-1-2-8-17/h2*3-6,12H,1-2,7-9H2/t2*12-/m10/s1. The van der Waals surface area contributed by atoms with E-state index in [9.17, 15) is 9.59 Å². The fraction of sp³-hybridized carbons (Fsp3) is 0.429. The minimum absolute atomic E-state index is 0.0367. The van der Waals surface area contributed by atoms with Gasteiger partial charge in [0.1, 0.15) is 9.24 Å². The molecule has 0 aromatic heterocycles. The van der Waals surface area contributed by atoms with Gasteiger partial charge in [-0.25, -0.2) is 0 Å². The average molecular weight is 646 g/mol. The number of oxime groups is 2. The predicted octanol–water partition coefficient (Wildman–Crippen LogP) is 6.18. The number of rotatable bonds is 4. The van der Waals surface area contributed by atoms with Crippen molar-refractivity contribution in [3.63, 3.8) is 0 Å². The Bertz CT molecular complexity index is 1110. The SMILES string of the molecule is O=C(c1ccc([C@@H]2CC(Br)=NO2)cc1)N1CCCC1.O=C(c1ccc([C@H]2CC(Br)=NO2)cc1)N1CCCC1. The zero-order valence-corrected chi connectivity index (χ0v) is 24.2. The van der Waals surface area contributed by atoms with E-state index in [4.69, 9.17) is 9.68 Å². The van der Waals surface area contributed by atoms with Gasteiger partial charge in [-0.3, -0.25) is 9.59 Å². The molecule has 8 nitrogen and oxygen atoms in total. The number of likely N-dealkylation sites (tertiary alicyclic amines) is 2. The number of halogens is 2. The van der Waals surface area contributed by atoms with Gasteiger partial charge in [0.25, 0.3) is 11.8 Å². The number of benzene rings is 2. The largest absolute Gasteiger partial charge is 0.386 e. The van der Waals surface area contributed by atoms with Crippen molar-refractivity contribution >= 4 is 52.9 Å². The molecule has 0 aliphatic carbocycles. The van der Waals surface area contributed by atoms with Crippen LogP contribution in [-0.2, 0) is 9.68 Å². The third-order valence-electron chi connectivity index (χ3n) is 7.11. The molecule has 0 radical (unpaired) electrons. The van der Waals surface area contributed by atoms with Crippen LogP contribution >= 0.6 is 31.9 Å². The van der Waals surface area contributed by atoms with Crippen LogP contribution in [0.4, 0.5) is 0 Å². The minimum atomic E-state index is -0.0367. The van der Waals surface area contributed by atoms with Crippen LogP contribution in [0.1, 0.15) is 82.6 Å². The van der Waals surface area contributed by atoms with Gasteiger partial charge in [-0.1, -0.05) is 34.6 Å². The summed E-state index contributed by atoms with van der Waals surface area (Å²) in [5.74, 6) is 0.266. The topological polar surface area (TPSA) is 83.8 Å². The normalized spacial score (nSPS) is 22.3. The van der Waals surface area contributed by atoms with E-state index in [1.165, 1.54) is 0 Å². The van der Waals surface area contributed by atoms with Crippen molar-refractivity contribution in [2.24, 2.45) is 10.3 Å². The summed E-state index contributed by atoms with van der Waals surface area (Å²) in [6, 6.07) is 15.3. The number of amides is 2. The van der Waals surface area contributed by atoms with E-state index in [2.05, 4.69) is 42.2 Å². The first-order chi connectivity index (χ1) is 18.5. The zero-order valence-electron chi connectivity index (χ0n) is 21.0. The number of carbonyl (C=O) groups excluding carboxylic acids is 2. The molecule has 0 unspecified atom stereocenters. The summed E-state index contributed by atoms with van der Waals surface area (Å²) >= 11 is 6.65. The lowest BCUT2D eigenvalue weighted by atomic mass is 10.0. The highest BCUT2D eigenvalue weighted by atomic mass is 79.9. The lowest BCUT2D eigenvalue weighted by molar-refractivity contribution is 0.0783. The third-order valence-corrected chi connectivity index (χ3v) is 8.05. The van der Waals surface area contributed by atoms with Crippen LogP contribution in [0.3, 0.4) is 0 Å². The van der Waals surface area contributed by atoms with Crippen molar-refractivity contribution < 1.29 is 19.3 Å². The Morgan fingerprint density at radius 3 is 1.26 bits per heavy atom. The molecule has 2 amide bonds. The van der Waals surface area contributed by atoms with Gasteiger partial charge in [-0.15, -0.1) is 0 Å². The lowest BCUT2D eigenvalue weighted by Gasteiger charge is -2.15. The van der Waals surface area contributed by atoms with E-state index in [1.807, 2.05) is 58.3 Å². The molecule has 4 aliphatic heterocycles. The fourth-order valence-electron chi connectivity index (χ4n) is 4.94. The summed E-state index contributed by atoms with van der Waals surface area (Å²) in [6.45, 7) is 3.53. The number of hydrogen-bond donors (Lipinski definition) is 0. The van der Waals surface area contributed by atoms with E-state index in [-0.39, 0.29) is 24.0 Å². The Labute approximate surface area is 239 Å². The maximum Gasteiger partial charge on any atom is 0.253 e. The lowest BCUT2D eigenvalue weighted by Crippen LogP contribution is -2.27. The quantitative estimate of drug-likeness (QED) is 0.397. The number of nitrogens with zero attached hydrogens (tertiary/aromatic N) is 4. The highest BCUT2D eigenvalue weighted by molar-refractivity contribution is 9.18. The predicted molar refractivity (Wildman–Crippen MR) is 153 cm³/mol. The molecule has 2 aromatic carbocycles. The highest BCUT2D eigenvalue weighted by Gasteiger charge is 2.24. The first-order valence-corrected chi connectivity index (χ1v) is 14.6. The highest BCUT2D eigenvalue weighted by Crippen LogP contribution is 2.30. The van der Waals surface area contributed by atoms with Gasteiger partial charge in [0.05, 0.1) is 0 Å². The molecule has 0 bridgehead atoms. The smallest absolute Gasteiger partial charge is 0.253 e. The van der Waals surface area contributed by atoms with Crippen molar-refractivity contribution in [2.45, 2.75) is 50.7 Å². The van der Waals surface area contributed by atoms with Crippen LogP contribution in [0, 0.1) is 0 Å². The number of carbonyl (C=O) groups is 2. The van der Waals surface area contributed by atoms with Crippen LogP contribution in [0.5, 0.6) is 0 Å². The third kappa shape index (κ3) is 6.46. The van der Waals surface area contributed by atoms with Gasteiger partial charge in [0.2, 0.25) is 0 Å². The van der Waals surface area contributed by atoms with Crippen LogP contribution < -0.4 is 0 Å². The van der Waals surface area contributed by atoms with E-state index in [0.29, 0.717) is 0 Å². The van der Waals surface area contributed by atoms with Gasteiger partial charge >= 0.3 is 0 Å². The second-order valence-electron chi connectivity index (χ2n) is 9.77. The molecule has 0 spiro atoms. The Morgan fingerprint density at radius 1 is 0.632 bits per heavy atom. The molecule has 10 heteroatoms. The molecule has 4 aliphatic rings. The van der Waals surface area contributed by atoms with Crippen LogP contribution in [0.25, 0.3) is 0 Å². The molecule has 2 fully saturated rings. The molecule has 6 rings (SSSR count). The van der Waals surface area contributed by atoms with Gasteiger partial charge in [0, 0.05) is 50.1 Å². The number of hydrogen-bond acceptors (Lipinski definition) is 6. The second kappa shape index (κ2) is 12.4. The first-order valence-electron chi connectivity index (χ1n) is 13.0. The average Bonchev–Trinajstić information content (AvgIpc) is 3.77. The molecule has 38 heavy (non-hydrogen) atoms. The van der Waals surface area contributed by atoms with E-state index in [0.717, 1.165) is 96.2 Å². The molecule has 0 N–H and O–H groups in total. The molecule has 2 saturated heterocycles. The molecule has 200 valence electrons. The molecule has 4 heterocycles. The van der Waals surface area contributed by atoms with Gasteiger partial charge in [0.15, 0.2) is 12.2 Å². The molecule has 2 aromatic rings. The summed E-state index contributed by atoms with van der Waals surface area (Å²) in [4.78, 5) is 38.8. The Hall–Kier alpha value is -2.72. The van der Waals surface area contributed by atoms with Crippen molar-refractivity contribution in [3.05, 3.63) is 70.8 Å². The van der Waals surface area contributed by atoms with Crippen molar-refractivity contribution in [3.8, 4) is 0 Å². The monoisotopic (exact) mass is 644 g/mol. The Morgan fingerprint density at radius 2 is 0.974 bits per heavy atom. The molecule has 2 atom stereocenters. The van der Waals surface area contributed by atoms with Crippen molar-refractivity contribution in [1.29, 1.82) is 0 Å². The first kappa shape index (κ1) is 26.9. The van der Waals surface area contributed by atoms with Gasteiger partial charge < -0.3 is 19.5 Å². The second-order valence-corrected chi connectivity index (χ2v) is 11.6. The summed E-state index contributed by atoms with van der Waals surface area (Å²) < 4.78 is 1.66. The summed E-state index contributed by atoms with van der Waals surface area (Å²) in [7, 11) is 0. The van der Waals surface area contributed by atoms with Crippen LogP contribution in [0.15, 0.2) is 58.8 Å². The van der Waals surface area contributed by atoms with Crippen LogP contribution in [0.2, 0.25) is 0 Å². The maximum atomic E-state index is 12.2. The van der Waals surface area contributed by atoms with E-state index >= 15 is 0 Å². The van der Waals surface area contributed by atoms with Gasteiger partial charge in [-0.05, 0) is 92.9 Å². The van der Waals surface area contributed by atoms with E-state index in [1.54, 1.807) is 0 Å². The summed E-state index contributed by atoms with van der Waals surface area (Å²) in [5.41, 5.74) is 3.61. The van der Waals surface area contributed by atoms with E-state index < -0.39 is 0 Å². The molecular weight excluding hydrogens is 616 g/mol. The Kier molecular flexibility index (Phi) is 8.79. The Balaban J connectivity index is 0.000000155.